The summed E-state index contributed by atoms with van der Waals surface area (Å²) in [6, 6.07) is 1.82. The molecule has 0 aliphatic heterocycles. The third kappa shape index (κ3) is 15.0. The summed E-state index contributed by atoms with van der Waals surface area (Å²) in [6.07, 6.45) is 1.34. The third-order valence-corrected chi connectivity index (χ3v) is 23.0. The minimum Gasteiger partial charge on any atom is -0.392 e. The SMILES string of the molecule is CC(C)O[Si](CCCn1c(=O)n(CCC[Si](OC(C)C)(OC(C)C)C(C)C)c(=O)n(CCC[Si](OC(C)C)(OC(C)C)C(C)C)c1=O)(OC(C)C)C(C)C. The lowest BCUT2D eigenvalue weighted by Gasteiger charge is -2.37. The summed E-state index contributed by atoms with van der Waals surface area (Å²) in [5.74, 6) is 0. The van der Waals surface area contributed by atoms with Crippen LogP contribution in [0.3, 0.4) is 0 Å². The quantitative estimate of drug-likeness (QED) is 0.0806. The van der Waals surface area contributed by atoms with E-state index in [0.717, 1.165) is 0 Å². The first-order chi connectivity index (χ1) is 24.8. The van der Waals surface area contributed by atoms with Crippen molar-refractivity contribution in [3.63, 3.8) is 0 Å². The summed E-state index contributed by atoms with van der Waals surface area (Å²) in [7, 11) is -8.18. The lowest BCUT2D eigenvalue weighted by atomic mass is 10.4. The smallest absolute Gasteiger partial charge is 0.341 e. The van der Waals surface area contributed by atoms with Crippen LogP contribution in [0, 0.1) is 0 Å². The molecule has 54 heavy (non-hydrogen) atoms. The Morgan fingerprint density at radius 2 is 0.519 bits per heavy atom. The minimum atomic E-state index is -2.73. The fraction of sp³-hybridized carbons (Fsp3) is 0.923. The van der Waals surface area contributed by atoms with Gasteiger partial charge in [0, 0.05) is 56.3 Å². The highest BCUT2D eigenvalue weighted by Crippen LogP contribution is 2.34. The van der Waals surface area contributed by atoms with E-state index in [1.807, 2.05) is 83.1 Å². The van der Waals surface area contributed by atoms with Crippen molar-refractivity contribution in [1.82, 2.24) is 13.7 Å². The molecule has 12 nitrogen and oxygen atoms in total. The summed E-state index contributed by atoms with van der Waals surface area (Å²) >= 11 is 0. The molecule has 0 radical (unpaired) electrons. The Labute approximate surface area is 331 Å². The van der Waals surface area contributed by atoms with Crippen molar-refractivity contribution >= 4 is 25.7 Å². The zero-order valence-electron chi connectivity index (χ0n) is 37.6. The van der Waals surface area contributed by atoms with Crippen LogP contribution in [-0.4, -0.2) is 76.0 Å². The van der Waals surface area contributed by atoms with Crippen molar-refractivity contribution in [2.75, 3.05) is 0 Å². The van der Waals surface area contributed by atoms with Gasteiger partial charge in [-0.2, -0.15) is 0 Å². The van der Waals surface area contributed by atoms with Crippen molar-refractivity contribution in [3.8, 4) is 0 Å². The first-order valence-corrected chi connectivity index (χ1v) is 27.2. The van der Waals surface area contributed by atoms with Crippen molar-refractivity contribution in [2.24, 2.45) is 0 Å². The van der Waals surface area contributed by atoms with E-state index in [0.29, 0.717) is 37.4 Å². The van der Waals surface area contributed by atoms with E-state index in [1.54, 1.807) is 0 Å². The molecule has 318 valence electrons. The molecule has 0 aliphatic carbocycles. The van der Waals surface area contributed by atoms with Gasteiger partial charge in [-0.05, 0) is 137 Å². The van der Waals surface area contributed by atoms with Crippen LogP contribution in [0.2, 0.25) is 34.8 Å². The van der Waals surface area contributed by atoms with Gasteiger partial charge in [0.25, 0.3) is 0 Å². The van der Waals surface area contributed by atoms with E-state index in [-0.39, 0.29) is 72.9 Å². The zero-order valence-corrected chi connectivity index (χ0v) is 40.6. The number of nitrogens with zero attached hydrogens (tertiary/aromatic N) is 3. The highest BCUT2D eigenvalue weighted by molar-refractivity contribution is 6.69. The molecule has 0 aromatic carbocycles. The Morgan fingerprint density at radius 1 is 0.352 bits per heavy atom. The van der Waals surface area contributed by atoms with E-state index >= 15 is 0 Å². The first kappa shape index (κ1) is 50.8. The molecule has 0 unspecified atom stereocenters. The lowest BCUT2D eigenvalue weighted by molar-refractivity contribution is 0.0971. The van der Waals surface area contributed by atoms with Crippen LogP contribution in [0.4, 0.5) is 0 Å². The van der Waals surface area contributed by atoms with Crippen LogP contribution >= 0.6 is 0 Å². The van der Waals surface area contributed by atoms with Gasteiger partial charge in [0.05, 0.1) is 0 Å². The molecule has 1 heterocycles. The molecule has 0 saturated carbocycles. The molecule has 0 amide bonds. The molecule has 1 aromatic rings. The minimum absolute atomic E-state index is 0.0265. The molecule has 0 aliphatic rings. The standard InChI is InChI=1S/C39H81N3O9Si3/c1-28(2)46-52(34(13)14,47-29(3)4)25-19-22-40-37(43)41(23-20-26-53(35(15)16,48-30(5)6)49-31(7)8)39(45)42(38(40)44)24-21-27-54(36(17)18,50-32(9)10)51-33(11)12/h28-36H,19-27H2,1-18H3. The fourth-order valence-electron chi connectivity index (χ4n) is 7.22. The topological polar surface area (TPSA) is 121 Å². The summed E-state index contributed by atoms with van der Waals surface area (Å²) in [5.41, 5.74) is -1.29. The normalized spacial score (nSPS) is 13.6. The van der Waals surface area contributed by atoms with E-state index in [9.17, 15) is 14.4 Å². The average Bonchev–Trinajstić information content (AvgIpc) is 2.99. The fourth-order valence-corrected chi connectivity index (χ4v) is 18.2. The number of hydrogen-bond donors (Lipinski definition) is 0. The van der Waals surface area contributed by atoms with E-state index in [2.05, 4.69) is 41.5 Å². The Hall–Kier alpha value is -1.18. The maximum absolute atomic E-state index is 14.2. The van der Waals surface area contributed by atoms with Gasteiger partial charge in [0.2, 0.25) is 0 Å². The lowest BCUT2D eigenvalue weighted by Crippen LogP contribution is -2.55. The van der Waals surface area contributed by atoms with Gasteiger partial charge in [0.15, 0.2) is 0 Å². The molecule has 1 rings (SSSR count). The molecule has 1 aromatic heterocycles. The monoisotopic (exact) mass is 820 g/mol. The van der Waals surface area contributed by atoms with Crippen molar-refractivity contribution in [2.45, 2.75) is 235 Å². The molecule has 0 atom stereocenters. The highest BCUT2D eigenvalue weighted by Gasteiger charge is 2.45. The second kappa shape index (κ2) is 22.7. The Morgan fingerprint density at radius 3 is 0.648 bits per heavy atom. The van der Waals surface area contributed by atoms with E-state index in [1.165, 1.54) is 13.7 Å². The van der Waals surface area contributed by atoms with Gasteiger partial charge in [0.1, 0.15) is 0 Å². The molecular formula is C39H81N3O9Si3. The third-order valence-electron chi connectivity index (χ3n) is 9.36. The molecule has 0 fully saturated rings. The molecule has 0 saturated heterocycles. The highest BCUT2D eigenvalue weighted by atomic mass is 28.4. The van der Waals surface area contributed by atoms with E-state index < -0.39 is 42.8 Å². The van der Waals surface area contributed by atoms with E-state index in [4.69, 9.17) is 26.6 Å². The number of rotatable bonds is 27. The molecular weight excluding hydrogens is 739 g/mol. The Balaban J connectivity index is 3.74. The van der Waals surface area contributed by atoms with Crippen molar-refractivity contribution in [3.05, 3.63) is 31.5 Å². The zero-order chi connectivity index (χ0) is 41.8. The molecule has 15 heteroatoms. The number of hydrogen-bond acceptors (Lipinski definition) is 9. The summed E-state index contributed by atoms with van der Waals surface area (Å²) in [4.78, 5) is 42.6. The van der Waals surface area contributed by atoms with Gasteiger partial charge in [-0.25, -0.2) is 28.1 Å². The van der Waals surface area contributed by atoms with Crippen molar-refractivity contribution in [1.29, 1.82) is 0 Å². The average molecular weight is 820 g/mol. The number of aromatic nitrogens is 3. The molecule has 0 N–H and O–H groups in total. The summed E-state index contributed by atoms with van der Waals surface area (Å²) in [6.45, 7) is 37.3. The van der Waals surface area contributed by atoms with Gasteiger partial charge in [-0.15, -0.1) is 0 Å². The van der Waals surface area contributed by atoms with Crippen molar-refractivity contribution < 1.29 is 26.6 Å². The Kier molecular flexibility index (Phi) is 21.4. The first-order valence-electron chi connectivity index (χ1n) is 20.9. The second-order valence-corrected chi connectivity index (χ2v) is 28.8. The van der Waals surface area contributed by atoms with Crippen LogP contribution in [0.5, 0.6) is 0 Å². The maximum atomic E-state index is 14.2. The summed E-state index contributed by atoms with van der Waals surface area (Å²) < 4.78 is 43.0. The van der Waals surface area contributed by atoms with Gasteiger partial charge in [-0.3, -0.25) is 0 Å². The predicted molar refractivity (Wildman–Crippen MR) is 227 cm³/mol. The van der Waals surface area contributed by atoms with Crippen LogP contribution in [0.25, 0.3) is 0 Å². The van der Waals surface area contributed by atoms with Crippen LogP contribution < -0.4 is 17.1 Å². The Bertz CT molecular complexity index is 1190. The maximum Gasteiger partial charge on any atom is 0.341 e. The largest absolute Gasteiger partial charge is 0.392 e. The molecule has 0 spiro atoms. The van der Waals surface area contributed by atoms with Gasteiger partial charge < -0.3 is 26.6 Å². The van der Waals surface area contributed by atoms with Gasteiger partial charge in [-0.1, -0.05) is 41.5 Å². The molecule has 0 bridgehead atoms. The van der Waals surface area contributed by atoms with Crippen LogP contribution in [0.15, 0.2) is 14.4 Å². The van der Waals surface area contributed by atoms with Gasteiger partial charge >= 0.3 is 42.8 Å². The van der Waals surface area contributed by atoms with Crippen LogP contribution in [0.1, 0.15) is 144 Å². The predicted octanol–water partition coefficient (Wildman–Crippen LogP) is 8.45. The summed E-state index contributed by atoms with van der Waals surface area (Å²) in [5, 5.41) is 0. The van der Waals surface area contributed by atoms with Crippen LogP contribution in [-0.2, 0) is 46.2 Å². The second-order valence-electron chi connectivity index (χ2n) is 17.5.